The molecule has 2 aliphatic carbocycles. The number of hydrogen-bond acceptors (Lipinski definition) is 5. The first-order valence-corrected chi connectivity index (χ1v) is 10.8. The second-order valence-corrected chi connectivity index (χ2v) is 11.1. The number of thiophene rings is 1. The Morgan fingerprint density at radius 1 is 1.00 bits per heavy atom. The van der Waals surface area contributed by atoms with Gasteiger partial charge in [-0.25, -0.2) is 0 Å². The van der Waals surface area contributed by atoms with Gasteiger partial charge in [-0.05, 0) is 29.4 Å². The molecule has 1 atom stereocenters. The molecule has 0 radical (unpaired) electrons. The van der Waals surface area contributed by atoms with Crippen molar-refractivity contribution in [1.29, 1.82) is 0 Å². The summed E-state index contributed by atoms with van der Waals surface area (Å²) < 4.78 is 0. The quantitative estimate of drug-likeness (QED) is 0.705. The van der Waals surface area contributed by atoms with Crippen LogP contribution >= 0.6 is 11.3 Å². The summed E-state index contributed by atoms with van der Waals surface area (Å²) in [4.78, 5) is 41.2. The van der Waals surface area contributed by atoms with E-state index in [0.717, 1.165) is 16.2 Å². The molecule has 28 heavy (non-hydrogen) atoms. The van der Waals surface area contributed by atoms with E-state index in [1.54, 1.807) is 0 Å². The fraction of sp³-hybridized carbons (Fsp3) is 0.609. The number of ketones is 3. The Labute approximate surface area is 171 Å². The molecule has 1 saturated carbocycles. The summed E-state index contributed by atoms with van der Waals surface area (Å²) in [6.07, 6.45) is 2.19. The van der Waals surface area contributed by atoms with E-state index in [2.05, 4.69) is 6.92 Å². The summed E-state index contributed by atoms with van der Waals surface area (Å²) in [6.45, 7) is 9.81. The molecule has 0 aromatic carbocycles. The van der Waals surface area contributed by atoms with Gasteiger partial charge in [-0.1, -0.05) is 34.6 Å². The van der Waals surface area contributed by atoms with Crippen LogP contribution in [0.4, 0.5) is 0 Å². The summed E-state index contributed by atoms with van der Waals surface area (Å²) in [5.74, 6) is -1.87. The van der Waals surface area contributed by atoms with Crippen LogP contribution in [0.1, 0.15) is 76.0 Å². The zero-order valence-electron chi connectivity index (χ0n) is 17.4. The van der Waals surface area contributed by atoms with Gasteiger partial charge in [-0.15, -0.1) is 11.3 Å². The molecular formula is C23H30O4S. The van der Waals surface area contributed by atoms with Gasteiger partial charge in [0.05, 0.1) is 5.92 Å². The van der Waals surface area contributed by atoms with Crippen LogP contribution in [0.2, 0.25) is 0 Å². The molecule has 0 aliphatic heterocycles. The normalized spacial score (nSPS) is 24.0. The molecule has 4 nitrogen and oxygen atoms in total. The third kappa shape index (κ3) is 4.00. The van der Waals surface area contributed by atoms with Gasteiger partial charge in [0.25, 0.3) is 0 Å². The maximum atomic E-state index is 13.1. The topological polar surface area (TPSA) is 71.4 Å². The molecule has 1 heterocycles. The van der Waals surface area contributed by atoms with Crippen molar-refractivity contribution in [3.8, 4) is 0 Å². The van der Waals surface area contributed by atoms with Gasteiger partial charge in [0.2, 0.25) is 0 Å². The van der Waals surface area contributed by atoms with Crippen LogP contribution < -0.4 is 0 Å². The summed E-state index contributed by atoms with van der Waals surface area (Å²) in [7, 11) is 0. The van der Waals surface area contributed by atoms with Crippen LogP contribution in [-0.2, 0) is 20.8 Å². The van der Waals surface area contributed by atoms with Crippen molar-refractivity contribution < 1.29 is 19.5 Å². The van der Waals surface area contributed by atoms with E-state index >= 15 is 0 Å². The zero-order valence-corrected chi connectivity index (χ0v) is 18.2. The lowest BCUT2D eigenvalue weighted by molar-refractivity contribution is -0.140. The van der Waals surface area contributed by atoms with Crippen LogP contribution in [0.25, 0.3) is 0 Å². The number of aliphatic hydroxyl groups excluding tert-OH is 1. The molecule has 0 bridgehead atoms. The molecule has 3 rings (SSSR count). The Hall–Kier alpha value is -1.75. The van der Waals surface area contributed by atoms with E-state index in [1.165, 1.54) is 11.3 Å². The van der Waals surface area contributed by atoms with Crippen LogP contribution in [-0.4, -0.2) is 22.5 Å². The highest BCUT2D eigenvalue weighted by molar-refractivity contribution is 7.12. The van der Waals surface area contributed by atoms with E-state index in [1.807, 2.05) is 39.8 Å². The van der Waals surface area contributed by atoms with Crippen molar-refractivity contribution in [3.63, 3.8) is 0 Å². The fourth-order valence-corrected chi connectivity index (χ4v) is 5.76. The van der Waals surface area contributed by atoms with Gasteiger partial charge in [0, 0.05) is 46.9 Å². The van der Waals surface area contributed by atoms with Crippen molar-refractivity contribution in [2.45, 2.75) is 72.6 Å². The Bertz CT molecular complexity index is 836. The Morgan fingerprint density at radius 3 is 2.07 bits per heavy atom. The lowest BCUT2D eigenvalue weighted by Gasteiger charge is -2.38. The monoisotopic (exact) mass is 402 g/mol. The minimum atomic E-state index is -0.876. The van der Waals surface area contributed by atoms with Gasteiger partial charge in [-0.2, -0.15) is 0 Å². The van der Waals surface area contributed by atoms with Gasteiger partial charge >= 0.3 is 0 Å². The first-order valence-electron chi connectivity index (χ1n) is 10.0. The van der Waals surface area contributed by atoms with Gasteiger partial charge in [0.1, 0.15) is 17.3 Å². The molecule has 0 saturated heterocycles. The second-order valence-electron chi connectivity index (χ2n) is 9.86. The van der Waals surface area contributed by atoms with Crippen molar-refractivity contribution >= 4 is 28.7 Å². The maximum absolute atomic E-state index is 13.1. The minimum absolute atomic E-state index is 0.0446. The smallest absolute Gasteiger partial charge is 0.163 e. The molecular weight excluding hydrogens is 372 g/mol. The second kappa shape index (κ2) is 7.25. The van der Waals surface area contributed by atoms with E-state index < -0.39 is 11.8 Å². The molecule has 1 fully saturated rings. The summed E-state index contributed by atoms with van der Waals surface area (Å²) >= 11 is 1.53. The summed E-state index contributed by atoms with van der Waals surface area (Å²) in [5, 5.41) is 10.8. The molecule has 1 N–H and O–H groups in total. The van der Waals surface area contributed by atoms with Crippen molar-refractivity contribution in [2.75, 3.05) is 0 Å². The van der Waals surface area contributed by atoms with Gasteiger partial charge < -0.3 is 5.11 Å². The molecule has 0 amide bonds. The SMILES string of the molecule is CCc1ccc([C@H](C2=C(O)CC(C)(C)CC2=O)C2C(=O)CC(C)(C)CC2=O)s1. The van der Waals surface area contributed by atoms with Crippen molar-refractivity contribution in [1.82, 2.24) is 0 Å². The average Bonchev–Trinajstić information content (AvgIpc) is 2.98. The number of carbonyl (C=O) groups excluding carboxylic acids is 3. The fourth-order valence-electron chi connectivity index (χ4n) is 4.66. The number of aliphatic hydroxyl groups is 1. The first-order chi connectivity index (χ1) is 12.9. The molecule has 152 valence electrons. The Morgan fingerprint density at radius 2 is 1.57 bits per heavy atom. The van der Waals surface area contributed by atoms with E-state index in [9.17, 15) is 19.5 Å². The van der Waals surface area contributed by atoms with E-state index in [-0.39, 0.29) is 39.5 Å². The summed E-state index contributed by atoms with van der Waals surface area (Å²) in [6, 6.07) is 3.91. The highest BCUT2D eigenvalue weighted by atomic mass is 32.1. The lowest BCUT2D eigenvalue weighted by atomic mass is 9.64. The minimum Gasteiger partial charge on any atom is -0.512 e. The first kappa shape index (κ1) is 21.0. The van der Waals surface area contributed by atoms with E-state index in [4.69, 9.17) is 0 Å². The van der Waals surface area contributed by atoms with Crippen LogP contribution in [0.3, 0.4) is 0 Å². The van der Waals surface area contributed by atoms with Crippen molar-refractivity contribution in [2.24, 2.45) is 16.7 Å². The van der Waals surface area contributed by atoms with Crippen LogP contribution in [0.5, 0.6) is 0 Å². The molecule has 0 unspecified atom stereocenters. The number of aryl methyl sites for hydroxylation is 1. The van der Waals surface area contributed by atoms with Gasteiger partial charge in [0.15, 0.2) is 5.78 Å². The molecule has 0 spiro atoms. The zero-order chi connectivity index (χ0) is 20.9. The number of rotatable bonds is 4. The lowest BCUT2D eigenvalue weighted by Crippen LogP contribution is -2.42. The Balaban J connectivity index is 2.13. The Kier molecular flexibility index (Phi) is 5.43. The molecule has 1 aromatic heterocycles. The summed E-state index contributed by atoms with van der Waals surface area (Å²) in [5.41, 5.74) is -0.383. The molecule has 1 aromatic rings. The van der Waals surface area contributed by atoms with Crippen LogP contribution in [0.15, 0.2) is 23.5 Å². The number of hydrogen-bond donors (Lipinski definition) is 1. The number of allylic oxidation sites excluding steroid dienone is 2. The highest BCUT2D eigenvalue weighted by Gasteiger charge is 2.48. The average molecular weight is 403 g/mol. The largest absolute Gasteiger partial charge is 0.512 e. The molecule has 2 aliphatic rings. The highest BCUT2D eigenvalue weighted by Crippen LogP contribution is 2.48. The third-order valence-corrected chi connectivity index (χ3v) is 7.19. The predicted molar refractivity (Wildman–Crippen MR) is 111 cm³/mol. The van der Waals surface area contributed by atoms with Gasteiger partial charge in [-0.3, -0.25) is 14.4 Å². The van der Waals surface area contributed by atoms with Crippen molar-refractivity contribution in [3.05, 3.63) is 33.2 Å². The predicted octanol–water partition coefficient (Wildman–Crippen LogP) is 5.17. The third-order valence-electron chi connectivity index (χ3n) is 5.88. The number of Topliss-reactive ketones (excluding diaryl/α,β-unsaturated/α-hetero) is 3. The molecule has 5 heteroatoms. The van der Waals surface area contributed by atoms with E-state index in [0.29, 0.717) is 25.7 Å². The number of carbonyl (C=O) groups is 3. The van der Waals surface area contributed by atoms with Crippen LogP contribution in [0, 0.1) is 16.7 Å². The standard InChI is InChI=1S/C23H30O4S/c1-6-13-7-8-18(28-13)21(19-14(24)9-22(2,3)10-15(19)25)20-16(26)11-23(4,5)12-17(20)27/h7-8,19,21,26H,6,9-12H2,1-5H3/t21-/m0/s1. The maximum Gasteiger partial charge on any atom is 0.163 e.